The van der Waals surface area contributed by atoms with E-state index in [1.54, 1.807) is 32.9 Å². The molecule has 0 saturated carbocycles. The summed E-state index contributed by atoms with van der Waals surface area (Å²) in [4.78, 5) is 0. The van der Waals surface area contributed by atoms with E-state index in [0.29, 0.717) is 0 Å². The first-order valence-electron chi connectivity index (χ1n) is 6.81. The Labute approximate surface area is 155 Å². The normalized spacial score (nSPS) is 26.0. The van der Waals surface area contributed by atoms with Crippen molar-refractivity contribution in [1.82, 2.24) is 0 Å². The van der Waals surface area contributed by atoms with E-state index in [0.717, 1.165) is 27.7 Å². The molecule has 0 fully saturated rings. The average molecular weight is 410 g/mol. The summed E-state index contributed by atoms with van der Waals surface area (Å²) in [6.07, 6.45) is 0. The molecule has 0 nitrogen and oxygen atoms in total. The monoisotopic (exact) mass is 408 g/mol. The molecule has 4 heteroatoms. The van der Waals surface area contributed by atoms with Gasteiger partial charge in [0.15, 0.2) is 0 Å². The van der Waals surface area contributed by atoms with Gasteiger partial charge in [-0.1, -0.05) is 0 Å². The third kappa shape index (κ3) is 5.65. The maximum absolute atomic E-state index is 2.31. The number of halogens is 1. The van der Waals surface area contributed by atoms with Crippen molar-refractivity contribution in [1.29, 1.82) is 0 Å². The first-order valence-corrected chi connectivity index (χ1v) is 8.96. The molecule has 0 bridgehead atoms. The topological polar surface area (TPSA) is 0 Å². The van der Waals surface area contributed by atoms with Crippen LogP contribution in [0.25, 0.3) is 0 Å². The SMILES string of the molecule is CC1=[PH+]C(C)C(C)=C1C.CC1=[PH+]C(C)C(C)=C1C.[Cl-].[H-].[Zr+2]. The van der Waals surface area contributed by atoms with E-state index >= 15 is 0 Å². The third-order valence-corrected chi connectivity index (χ3v) is 7.82. The predicted molar refractivity (Wildman–Crippen MR) is 94.8 cm³/mol. The van der Waals surface area contributed by atoms with Crippen molar-refractivity contribution in [2.75, 3.05) is 0 Å². The molecule has 2 aliphatic heterocycles. The van der Waals surface area contributed by atoms with Crippen LogP contribution in [0, 0.1) is 0 Å². The van der Waals surface area contributed by atoms with Crippen LogP contribution in [0.4, 0.5) is 0 Å². The van der Waals surface area contributed by atoms with Crippen molar-refractivity contribution < 1.29 is 40.0 Å². The molecule has 2 aliphatic rings. The summed E-state index contributed by atoms with van der Waals surface area (Å²) < 4.78 is 0. The van der Waals surface area contributed by atoms with Gasteiger partial charge in [-0.2, -0.15) is 0 Å². The van der Waals surface area contributed by atoms with Gasteiger partial charge in [-0.05, 0) is 63.8 Å². The van der Waals surface area contributed by atoms with Crippen LogP contribution in [0.15, 0.2) is 22.3 Å². The molecule has 2 heterocycles. The van der Waals surface area contributed by atoms with Crippen molar-refractivity contribution >= 4 is 27.0 Å². The molecule has 0 aromatic carbocycles. The Bertz CT molecular complexity index is 435. The fraction of sp³-hybridized carbons (Fsp3) is 0.625. The van der Waals surface area contributed by atoms with E-state index in [1.807, 2.05) is 0 Å². The van der Waals surface area contributed by atoms with Crippen molar-refractivity contribution in [3.8, 4) is 0 Å². The van der Waals surface area contributed by atoms with Crippen LogP contribution in [0.5, 0.6) is 0 Å². The maximum Gasteiger partial charge on any atom is 2.00 e. The Morgan fingerprint density at radius 2 is 0.950 bits per heavy atom. The van der Waals surface area contributed by atoms with E-state index in [4.69, 9.17) is 0 Å². The number of rotatable bonds is 0. The van der Waals surface area contributed by atoms with Gasteiger partial charge in [-0.3, -0.25) is 0 Å². The summed E-state index contributed by atoms with van der Waals surface area (Å²) in [7, 11) is 2.12. The second kappa shape index (κ2) is 9.90. The standard InChI is InChI=1S/2C8H13P.ClH.Zr.H/c2*1-5-6(2)8(4)9-7(5)3;;;/h2*7H,1-4H3;1H;;/q;;;+2;-1/p+1. The zero-order chi connectivity index (χ0) is 14.0. The van der Waals surface area contributed by atoms with Crippen molar-refractivity contribution in [3.05, 3.63) is 22.3 Å². The number of hydrogen-bond donors (Lipinski definition) is 0. The molecule has 0 aromatic heterocycles. The van der Waals surface area contributed by atoms with Gasteiger partial charge in [-0.15, -0.1) is 0 Å². The molecule has 4 atom stereocenters. The van der Waals surface area contributed by atoms with Crippen LogP contribution < -0.4 is 12.4 Å². The molecule has 0 N–H and O–H groups in total. The summed E-state index contributed by atoms with van der Waals surface area (Å²) >= 11 is 0. The Morgan fingerprint density at radius 1 is 0.700 bits per heavy atom. The molecule has 0 spiro atoms. The van der Waals surface area contributed by atoms with Gasteiger partial charge >= 0.3 is 26.2 Å². The number of allylic oxidation sites excluding steroid dienone is 4. The molecule has 20 heavy (non-hydrogen) atoms. The Balaban J connectivity index is -0.000000270. The molecule has 112 valence electrons. The molecule has 0 saturated heterocycles. The van der Waals surface area contributed by atoms with Gasteiger partial charge < -0.3 is 13.8 Å². The zero-order valence-electron chi connectivity index (χ0n) is 15.0. The van der Waals surface area contributed by atoms with Crippen molar-refractivity contribution in [2.24, 2.45) is 0 Å². The van der Waals surface area contributed by atoms with Gasteiger partial charge in [0.25, 0.3) is 0 Å². The fourth-order valence-corrected chi connectivity index (χ4v) is 5.32. The smallest absolute Gasteiger partial charge is 1.00 e. The van der Waals surface area contributed by atoms with Gasteiger partial charge in [0.2, 0.25) is 0 Å². The van der Waals surface area contributed by atoms with E-state index < -0.39 is 0 Å². The second-order valence-electron chi connectivity index (χ2n) is 5.60. The summed E-state index contributed by atoms with van der Waals surface area (Å²) in [5.41, 5.74) is 7.99. The van der Waals surface area contributed by atoms with Crippen LogP contribution in [-0.2, 0) is 26.2 Å². The average Bonchev–Trinajstić information content (AvgIpc) is 2.66. The molecule has 4 unspecified atom stereocenters. The van der Waals surface area contributed by atoms with Gasteiger partial charge in [0, 0.05) is 13.8 Å². The van der Waals surface area contributed by atoms with Gasteiger partial charge in [0.05, 0.1) is 16.4 Å². The van der Waals surface area contributed by atoms with Crippen LogP contribution in [0.2, 0.25) is 0 Å². The Morgan fingerprint density at radius 3 is 1.00 bits per heavy atom. The molecule has 0 radical (unpaired) electrons. The summed E-state index contributed by atoms with van der Waals surface area (Å²) in [5, 5.41) is 3.22. The third-order valence-electron chi connectivity index (χ3n) is 4.47. The minimum absolute atomic E-state index is 0. The Kier molecular flexibility index (Phi) is 11.5. The van der Waals surface area contributed by atoms with Crippen LogP contribution in [0.1, 0.15) is 56.8 Å². The minimum atomic E-state index is 0. The van der Waals surface area contributed by atoms with Crippen molar-refractivity contribution in [3.63, 3.8) is 0 Å². The summed E-state index contributed by atoms with van der Waals surface area (Å²) in [5.74, 6) is 0. The molecule has 2 rings (SSSR count). The van der Waals surface area contributed by atoms with Gasteiger partial charge in [-0.25, -0.2) is 0 Å². The van der Waals surface area contributed by atoms with Crippen LogP contribution >= 0.6 is 16.4 Å². The van der Waals surface area contributed by atoms with Crippen LogP contribution in [-0.4, -0.2) is 21.9 Å². The largest absolute Gasteiger partial charge is 2.00 e. The zero-order valence-corrected chi connectivity index (χ0v) is 19.2. The van der Waals surface area contributed by atoms with E-state index in [1.165, 1.54) is 0 Å². The second-order valence-corrected chi connectivity index (χ2v) is 9.41. The molecular formula is C16H29ClP2Zr+2. The first-order chi connectivity index (χ1) is 8.25. The fourth-order valence-electron chi connectivity index (χ4n) is 2.32. The molecule has 0 aliphatic carbocycles. The first kappa shape index (κ1) is 23.3. The maximum atomic E-state index is 2.31. The number of hydrogen-bond acceptors (Lipinski definition) is 0. The van der Waals surface area contributed by atoms with Crippen molar-refractivity contribution in [2.45, 2.75) is 66.7 Å². The van der Waals surface area contributed by atoms with E-state index in [-0.39, 0.29) is 40.0 Å². The summed E-state index contributed by atoms with van der Waals surface area (Å²) in [6, 6.07) is 0. The minimum Gasteiger partial charge on any atom is -1.00 e. The molecular weight excluding hydrogens is 381 g/mol. The molecule has 0 amide bonds. The van der Waals surface area contributed by atoms with Gasteiger partial charge in [0.1, 0.15) is 21.9 Å². The Hall–Kier alpha value is 0.993. The van der Waals surface area contributed by atoms with Crippen LogP contribution in [0.3, 0.4) is 0 Å². The predicted octanol–water partition coefficient (Wildman–Crippen LogP) is 2.31. The molecule has 0 aromatic rings. The quantitative estimate of drug-likeness (QED) is 0.538. The van der Waals surface area contributed by atoms with E-state index in [2.05, 4.69) is 55.4 Å². The summed E-state index contributed by atoms with van der Waals surface area (Å²) in [6.45, 7) is 18.1. The van der Waals surface area contributed by atoms with E-state index in [9.17, 15) is 0 Å².